The fourth-order valence-corrected chi connectivity index (χ4v) is 2.46. The van der Waals surface area contributed by atoms with Gasteiger partial charge in [-0.1, -0.05) is 23.7 Å². The first kappa shape index (κ1) is 11.5. The van der Waals surface area contributed by atoms with Crippen LogP contribution >= 0.6 is 11.6 Å². The third-order valence-electron chi connectivity index (χ3n) is 3.29. The van der Waals surface area contributed by atoms with Gasteiger partial charge in [0.1, 0.15) is 0 Å². The van der Waals surface area contributed by atoms with Crippen molar-refractivity contribution in [3.8, 4) is 0 Å². The van der Waals surface area contributed by atoms with E-state index >= 15 is 0 Å². The number of rotatable bonds is 1. The Labute approximate surface area is 101 Å². The van der Waals surface area contributed by atoms with Crippen LogP contribution in [0.2, 0.25) is 5.02 Å². The molecule has 1 fully saturated rings. The predicted molar refractivity (Wildman–Crippen MR) is 67.1 cm³/mol. The van der Waals surface area contributed by atoms with Crippen LogP contribution < -0.4 is 4.90 Å². The second kappa shape index (κ2) is 4.10. The Morgan fingerprint density at radius 1 is 1.31 bits per heavy atom. The number of benzene rings is 1. The summed E-state index contributed by atoms with van der Waals surface area (Å²) in [6, 6.07) is 7.70. The molecule has 0 radical (unpaired) electrons. The average molecular weight is 238 g/mol. The van der Waals surface area contributed by atoms with Crippen molar-refractivity contribution in [2.24, 2.45) is 0 Å². The second-order valence-electron chi connectivity index (χ2n) is 4.69. The molecule has 0 spiro atoms. The van der Waals surface area contributed by atoms with Gasteiger partial charge < -0.3 is 4.90 Å². The monoisotopic (exact) mass is 237 g/mol. The molecule has 3 heteroatoms. The highest BCUT2D eigenvalue weighted by molar-refractivity contribution is 6.33. The topological polar surface area (TPSA) is 20.3 Å². The third kappa shape index (κ3) is 1.82. The number of carbonyl (C=O) groups excluding carboxylic acids is 1. The maximum Gasteiger partial charge on any atom is 0.157 e. The summed E-state index contributed by atoms with van der Waals surface area (Å²) in [5.41, 5.74) is 0.519. The van der Waals surface area contributed by atoms with Crippen molar-refractivity contribution < 1.29 is 4.79 Å². The standard InChI is InChI=1S/C13H16ClNO/c1-13(2)12(16)8-5-9-15(13)11-7-4-3-6-10(11)14/h3-4,6-7H,5,8-9H2,1-2H3. The highest BCUT2D eigenvalue weighted by Gasteiger charge is 2.37. The largest absolute Gasteiger partial charge is 0.358 e. The molecule has 0 N–H and O–H groups in total. The van der Waals surface area contributed by atoms with Crippen LogP contribution in [0.1, 0.15) is 26.7 Å². The lowest BCUT2D eigenvalue weighted by molar-refractivity contribution is -0.124. The molecule has 1 aliphatic rings. The number of ketones is 1. The van der Waals surface area contributed by atoms with Gasteiger partial charge in [-0.3, -0.25) is 4.79 Å². The summed E-state index contributed by atoms with van der Waals surface area (Å²) < 4.78 is 0. The molecule has 0 bridgehead atoms. The lowest BCUT2D eigenvalue weighted by Gasteiger charge is -2.43. The van der Waals surface area contributed by atoms with Gasteiger partial charge in [-0.25, -0.2) is 0 Å². The minimum absolute atomic E-state index is 0.290. The summed E-state index contributed by atoms with van der Waals surface area (Å²) in [5.74, 6) is 0.290. The maximum absolute atomic E-state index is 11.9. The summed E-state index contributed by atoms with van der Waals surface area (Å²) in [4.78, 5) is 14.0. The summed E-state index contributed by atoms with van der Waals surface area (Å²) >= 11 is 6.18. The quantitative estimate of drug-likeness (QED) is 0.747. The first-order valence-corrected chi connectivity index (χ1v) is 5.97. The number of Topliss-reactive ketones (excluding diaryl/α,β-unsaturated/α-hetero) is 1. The number of hydrogen-bond donors (Lipinski definition) is 0. The van der Waals surface area contributed by atoms with Gasteiger partial charge in [-0.05, 0) is 32.4 Å². The van der Waals surface area contributed by atoms with E-state index in [2.05, 4.69) is 4.90 Å². The fourth-order valence-electron chi connectivity index (χ4n) is 2.23. The van der Waals surface area contributed by atoms with Gasteiger partial charge in [0.05, 0.1) is 16.2 Å². The molecule has 0 saturated carbocycles. The highest BCUT2D eigenvalue weighted by atomic mass is 35.5. The molecule has 16 heavy (non-hydrogen) atoms. The molecule has 2 rings (SSSR count). The van der Waals surface area contributed by atoms with Gasteiger partial charge in [0, 0.05) is 13.0 Å². The Hall–Kier alpha value is -1.02. The van der Waals surface area contributed by atoms with Crippen molar-refractivity contribution in [1.29, 1.82) is 0 Å². The van der Waals surface area contributed by atoms with Gasteiger partial charge >= 0.3 is 0 Å². The number of piperidine rings is 1. The van der Waals surface area contributed by atoms with E-state index in [1.54, 1.807) is 0 Å². The van der Waals surface area contributed by atoms with E-state index < -0.39 is 5.54 Å². The van der Waals surface area contributed by atoms with Crippen LogP contribution in [0.25, 0.3) is 0 Å². The SMILES string of the molecule is CC1(C)C(=O)CCCN1c1ccccc1Cl. The van der Waals surface area contributed by atoms with Crippen molar-refractivity contribution in [3.63, 3.8) is 0 Å². The van der Waals surface area contributed by atoms with Crippen LogP contribution in [0.4, 0.5) is 5.69 Å². The zero-order valence-electron chi connectivity index (χ0n) is 9.66. The molecular weight excluding hydrogens is 222 g/mol. The third-order valence-corrected chi connectivity index (χ3v) is 3.61. The highest BCUT2D eigenvalue weighted by Crippen LogP contribution is 2.34. The van der Waals surface area contributed by atoms with Crippen molar-refractivity contribution in [1.82, 2.24) is 0 Å². The van der Waals surface area contributed by atoms with Gasteiger partial charge in [0.2, 0.25) is 0 Å². The van der Waals surface area contributed by atoms with Crippen LogP contribution in [0.15, 0.2) is 24.3 Å². The van der Waals surface area contributed by atoms with Gasteiger partial charge in [0.15, 0.2) is 5.78 Å². The number of anilines is 1. The van der Waals surface area contributed by atoms with E-state index in [1.165, 1.54) is 0 Å². The Bertz CT molecular complexity index is 414. The molecular formula is C13H16ClNO. The molecule has 0 aliphatic carbocycles. The van der Waals surface area contributed by atoms with E-state index in [9.17, 15) is 4.79 Å². The molecule has 0 aromatic heterocycles. The van der Waals surface area contributed by atoms with Gasteiger partial charge in [0.25, 0.3) is 0 Å². The van der Waals surface area contributed by atoms with Crippen molar-refractivity contribution in [2.75, 3.05) is 11.4 Å². The minimum Gasteiger partial charge on any atom is -0.358 e. The Morgan fingerprint density at radius 3 is 2.69 bits per heavy atom. The summed E-state index contributed by atoms with van der Waals surface area (Å²) in [6.07, 6.45) is 1.58. The van der Waals surface area contributed by atoms with E-state index in [4.69, 9.17) is 11.6 Å². The van der Waals surface area contributed by atoms with Crippen LogP contribution in [0.3, 0.4) is 0 Å². The summed E-state index contributed by atoms with van der Waals surface area (Å²) in [5, 5.41) is 0.713. The number of hydrogen-bond acceptors (Lipinski definition) is 2. The lowest BCUT2D eigenvalue weighted by atomic mass is 9.88. The van der Waals surface area contributed by atoms with Crippen molar-refractivity contribution >= 4 is 23.1 Å². The van der Waals surface area contributed by atoms with Crippen LogP contribution in [-0.2, 0) is 4.79 Å². The van der Waals surface area contributed by atoms with E-state index in [1.807, 2.05) is 38.1 Å². The second-order valence-corrected chi connectivity index (χ2v) is 5.10. The molecule has 0 amide bonds. The van der Waals surface area contributed by atoms with Gasteiger partial charge in [-0.15, -0.1) is 0 Å². The Kier molecular flexibility index (Phi) is 2.94. The van der Waals surface area contributed by atoms with Gasteiger partial charge in [-0.2, -0.15) is 0 Å². The first-order chi connectivity index (χ1) is 7.53. The number of halogens is 1. The lowest BCUT2D eigenvalue weighted by Crippen LogP contribution is -2.54. The molecule has 1 heterocycles. The number of nitrogens with zero attached hydrogens (tertiary/aromatic N) is 1. The molecule has 2 nitrogen and oxygen atoms in total. The van der Waals surface area contributed by atoms with Crippen LogP contribution in [0.5, 0.6) is 0 Å². The predicted octanol–water partition coefficient (Wildman–Crippen LogP) is 3.29. The van der Waals surface area contributed by atoms with Crippen molar-refractivity contribution in [2.45, 2.75) is 32.2 Å². The van der Waals surface area contributed by atoms with Crippen molar-refractivity contribution in [3.05, 3.63) is 29.3 Å². The zero-order valence-corrected chi connectivity index (χ0v) is 10.4. The molecule has 1 aromatic carbocycles. The molecule has 1 saturated heterocycles. The zero-order chi connectivity index (χ0) is 11.8. The smallest absolute Gasteiger partial charge is 0.157 e. The normalized spacial score (nSPS) is 19.9. The average Bonchev–Trinajstić information content (AvgIpc) is 2.24. The molecule has 0 atom stereocenters. The Balaban J connectivity index is 2.40. The van der Waals surface area contributed by atoms with E-state index in [-0.39, 0.29) is 0 Å². The summed E-state index contributed by atoms with van der Waals surface area (Å²) in [6.45, 7) is 4.83. The molecule has 0 unspecified atom stereocenters. The fraction of sp³-hybridized carbons (Fsp3) is 0.462. The molecule has 86 valence electrons. The molecule has 1 aromatic rings. The molecule has 1 aliphatic heterocycles. The van der Waals surface area contributed by atoms with E-state index in [0.717, 1.165) is 18.7 Å². The first-order valence-electron chi connectivity index (χ1n) is 5.59. The maximum atomic E-state index is 11.9. The number of para-hydroxylation sites is 1. The van der Waals surface area contributed by atoms with E-state index in [0.29, 0.717) is 17.2 Å². The minimum atomic E-state index is -0.441. The summed E-state index contributed by atoms with van der Waals surface area (Å²) in [7, 11) is 0. The van der Waals surface area contributed by atoms with Crippen LogP contribution in [-0.4, -0.2) is 17.9 Å². The Morgan fingerprint density at radius 2 is 2.00 bits per heavy atom. The number of carbonyl (C=O) groups is 1. The van der Waals surface area contributed by atoms with Crippen LogP contribution in [0, 0.1) is 0 Å².